The highest BCUT2D eigenvalue weighted by Crippen LogP contribution is 2.33. The van der Waals surface area contributed by atoms with Crippen LogP contribution in [0.4, 0.5) is 5.82 Å². The second-order valence-electron chi connectivity index (χ2n) is 6.60. The molecule has 0 spiro atoms. The first-order chi connectivity index (χ1) is 14.2. The number of benzene rings is 1. The van der Waals surface area contributed by atoms with Gasteiger partial charge in [-0.05, 0) is 63.5 Å². The monoisotopic (exact) mass is 443 g/mol. The third-order valence-corrected chi connectivity index (χ3v) is 5.10. The highest BCUT2D eigenvalue weighted by Gasteiger charge is 2.25. The van der Waals surface area contributed by atoms with Gasteiger partial charge in [0.05, 0.1) is 16.8 Å². The second-order valence-corrected chi connectivity index (χ2v) is 7.51. The number of nitrogens with one attached hydrogen (secondary N) is 2. The van der Waals surface area contributed by atoms with Crippen LogP contribution in [-0.4, -0.2) is 26.1 Å². The summed E-state index contributed by atoms with van der Waals surface area (Å²) in [5.74, 6) is 0.422. The van der Waals surface area contributed by atoms with E-state index >= 15 is 0 Å². The number of fused-ring (bicyclic) bond motifs is 2. The van der Waals surface area contributed by atoms with E-state index < -0.39 is 0 Å². The van der Waals surface area contributed by atoms with Gasteiger partial charge in [-0.2, -0.15) is 5.10 Å². The van der Waals surface area contributed by atoms with Gasteiger partial charge in [0.25, 0.3) is 5.91 Å². The smallest absolute Gasteiger partial charge is 0.257 e. The minimum absolute atomic E-state index is 0.157. The van der Waals surface area contributed by atoms with E-state index in [1.54, 1.807) is 18.6 Å². The molecule has 0 atom stereocenters. The standard InChI is InChI=1S/C22H14BrN5O/c23-15-10-17-18(22(29)26-21(17)25-12-15)8-14-3-5-16-19(27-28-20(16)9-14)6-4-13-2-1-7-24-11-13/h1-12H,(H,27,28)(H,25,26,29)/b6-4+,18-8+. The Bertz CT molecular complexity index is 1310. The number of halogens is 1. The van der Waals surface area contributed by atoms with E-state index in [1.165, 1.54) is 0 Å². The fraction of sp³-hybridized carbons (Fsp3) is 0. The van der Waals surface area contributed by atoms with Crippen molar-refractivity contribution in [1.82, 2.24) is 20.2 Å². The first-order valence-corrected chi connectivity index (χ1v) is 9.72. The van der Waals surface area contributed by atoms with E-state index in [1.807, 2.05) is 54.6 Å². The van der Waals surface area contributed by atoms with Gasteiger partial charge in [-0.25, -0.2) is 4.98 Å². The molecule has 0 bridgehead atoms. The third-order valence-electron chi connectivity index (χ3n) is 4.67. The summed E-state index contributed by atoms with van der Waals surface area (Å²) in [6.07, 6.45) is 11.0. The number of H-pyrrole nitrogens is 1. The SMILES string of the molecule is O=C1Nc2ncc(Br)cc2/C1=C\c1ccc2c(/C=C/c3cccnc3)n[nH]c2c1. The normalized spacial score (nSPS) is 14.7. The maximum Gasteiger partial charge on any atom is 0.257 e. The van der Waals surface area contributed by atoms with Crippen molar-refractivity contribution in [2.45, 2.75) is 0 Å². The molecule has 140 valence electrons. The minimum Gasteiger partial charge on any atom is -0.306 e. The van der Waals surface area contributed by atoms with Gasteiger partial charge < -0.3 is 5.32 Å². The molecule has 1 aromatic carbocycles. The predicted molar refractivity (Wildman–Crippen MR) is 118 cm³/mol. The zero-order chi connectivity index (χ0) is 19.8. The van der Waals surface area contributed by atoms with Crippen LogP contribution in [0.25, 0.3) is 34.7 Å². The molecule has 1 aliphatic heterocycles. The number of amides is 1. The predicted octanol–water partition coefficient (Wildman–Crippen LogP) is 4.78. The first-order valence-electron chi connectivity index (χ1n) is 8.92. The number of anilines is 1. The van der Waals surface area contributed by atoms with Crippen LogP contribution < -0.4 is 5.32 Å². The molecule has 29 heavy (non-hydrogen) atoms. The van der Waals surface area contributed by atoms with Gasteiger partial charge in [0.15, 0.2) is 0 Å². The van der Waals surface area contributed by atoms with E-state index in [4.69, 9.17) is 0 Å². The maximum absolute atomic E-state index is 12.4. The summed E-state index contributed by atoms with van der Waals surface area (Å²) in [6.45, 7) is 0. The average Bonchev–Trinajstić information content (AvgIpc) is 3.28. The zero-order valence-corrected chi connectivity index (χ0v) is 16.6. The molecule has 6 nitrogen and oxygen atoms in total. The molecule has 3 aromatic heterocycles. The molecule has 4 aromatic rings. The molecule has 5 rings (SSSR count). The van der Waals surface area contributed by atoms with Crippen LogP contribution in [-0.2, 0) is 4.79 Å². The number of hydrogen-bond acceptors (Lipinski definition) is 4. The van der Waals surface area contributed by atoms with Crippen LogP contribution in [0.3, 0.4) is 0 Å². The summed E-state index contributed by atoms with van der Waals surface area (Å²) < 4.78 is 0.827. The van der Waals surface area contributed by atoms with Crippen molar-refractivity contribution in [3.05, 3.63) is 81.8 Å². The molecule has 1 amide bonds. The lowest BCUT2D eigenvalue weighted by molar-refractivity contribution is -0.110. The Hall–Kier alpha value is -3.58. The van der Waals surface area contributed by atoms with Gasteiger partial charge in [-0.15, -0.1) is 0 Å². The Morgan fingerprint density at radius 2 is 1.97 bits per heavy atom. The van der Waals surface area contributed by atoms with Crippen molar-refractivity contribution in [3.8, 4) is 0 Å². The summed E-state index contributed by atoms with van der Waals surface area (Å²) in [4.78, 5) is 20.7. The summed E-state index contributed by atoms with van der Waals surface area (Å²) >= 11 is 3.41. The van der Waals surface area contributed by atoms with Crippen LogP contribution in [0, 0.1) is 0 Å². The van der Waals surface area contributed by atoms with Crippen molar-refractivity contribution in [1.29, 1.82) is 0 Å². The van der Waals surface area contributed by atoms with Gasteiger partial charge >= 0.3 is 0 Å². The van der Waals surface area contributed by atoms with E-state index in [2.05, 4.69) is 41.4 Å². The molecule has 7 heteroatoms. The Morgan fingerprint density at radius 3 is 2.83 bits per heavy atom. The molecule has 0 aliphatic carbocycles. The van der Waals surface area contributed by atoms with Gasteiger partial charge in [0.1, 0.15) is 5.82 Å². The highest BCUT2D eigenvalue weighted by molar-refractivity contribution is 9.10. The van der Waals surface area contributed by atoms with Crippen LogP contribution in [0.15, 0.2) is 59.5 Å². The third kappa shape index (κ3) is 3.36. The average molecular weight is 444 g/mol. The van der Waals surface area contributed by atoms with Crippen molar-refractivity contribution in [2.24, 2.45) is 0 Å². The molecule has 0 unspecified atom stereocenters. The number of aromatic nitrogens is 4. The van der Waals surface area contributed by atoms with Crippen molar-refractivity contribution >= 4 is 62.4 Å². The van der Waals surface area contributed by atoms with E-state index in [0.29, 0.717) is 11.4 Å². The quantitative estimate of drug-likeness (QED) is 0.446. The fourth-order valence-corrected chi connectivity index (χ4v) is 3.61. The van der Waals surface area contributed by atoms with E-state index in [-0.39, 0.29) is 5.91 Å². The van der Waals surface area contributed by atoms with Crippen LogP contribution in [0.2, 0.25) is 0 Å². The van der Waals surface area contributed by atoms with Crippen LogP contribution >= 0.6 is 15.9 Å². The lowest BCUT2D eigenvalue weighted by Gasteiger charge is -2.00. The summed E-state index contributed by atoms with van der Waals surface area (Å²) in [7, 11) is 0. The Labute approximate surface area is 174 Å². The molecule has 0 saturated heterocycles. The molecule has 0 radical (unpaired) electrons. The summed E-state index contributed by atoms with van der Waals surface area (Å²) in [5, 5.41) is 11.3. The highest BCUT2D eigenvalue weighted by atomic mass is 79.9. The first kappa shape index (κ1) is 17.5. The minimum atomic E-state index is -0.157. The van der Waals surface area contributed by atoms with Crippen LogP contribution in [0.1, 0.15) is 22.4 Å². The van der Waals surface area contributed by atoms with Gasteiger partial charge in [0.2, 0.25) is 0 Å². The largest absolute Gasteiger partial charge is 0.306 e. The van der Waals surface area contributed by atoms with Crippen molar-refractivity contribution < 1.29 is 4.79 Å². The molecular weight excluding hydrogens is 430 g/mol. The molecule has 0 fully saturated rings. The fourth-order valence-electron chi connectivity index (χ4n) is 3.28. The Balaban J connectivity index is 1.49. The summed E-state index contributed by atoms with van der Waals surface area (Å²) in [5.41, 5.74) is 5.03. The Morgan fingerprint density at radius 1 is 1.03 bits per heavy atom. The van der Waals surface area contributed by atoms with Crippen molar-refractivity contribution in [3.63, 3.8) is 0 Å². The van der Waals surface area contributed by atoms with Gasteiger partial charge in [0, 0.05) is 34.0 Å². The molecule has 1 aliphatic rings. The summed E-state index contributed by atoms with van der Waals surface area (Å²) in [6, 6.07) is 11.7. The lowest BCUT2D eigenvalue weighted by Crippen LogP contribution is -2.04. The Kier molecular flexibility index (Phi) is 4.29. The number of pyridine rings is 2. The van der Waals surface area contributed by atoms with Gasteiger partial charge in [-0.3, -0.25) is 14.9 Å². The topological polar surface area (TPSA) is 83.6 Å². The van der Waals surface area contributed by atoms with Crippen molar-refractivity contribution in [2.75, 3.05) is 5.32 Å². The number of aromatic amines is 1. The number of rotatable bonds is 3. The van der Waals surface area contributed by atoms with Crippen LogP contribution in [0.5, 0.6) is 0 Å². The number of carbonyl (C=O) groups is 1. The molecule has 4 heterocycles. The number of nitrogens with zero attached hydrogens (tertiary/aromatic N) is 3. The van der Waals surface area contributed by atoms with E-state index in [0.717, 1.165) is 37.8 Å². The molecule has 0 saturated carbocycles. The lowest BCUT2D eigenvalue weighted by atomic mass is 10.0. The number of carbonyl (C=O) groups excluding carboxylic acids is 1. The molecule has 2 N–H and O–H groups in total. The molecular formula is C22H14BrN5O. The maximum atomic E-state index is 12.4. The zero-order valence-electron chi connectivity index (χ0n) is 15.1. The number of hydrogen-bond donors (Lipinski definition) is 2. The second kappa shape index (κ2) is 7.10. The van der Waals surface area contributed by atoms with E-state index in [9.17, 15) is 4.79 Å². The van der Waals surface area contributed by atoms with Gasteiger partial charge in [-0.1, -0.05) is 18.2 Å².